The molecule has 0 spiro atoms. The van der Waals surface area contributed by atoms with Crippen LogP contribution in [0, 0.1) is 0 Å². The fourth-order valence-corrected chi connectivity index (χ4v) is 2.95. The fourth-order valence-electron chi connectivity index (χ4n) is 2.95. The van der Waals surface area contributed by atoms with E-state index in [1.807, 2.05) is 24.3 Å². The molecule has 1 heterocycles. The molecule has 0 unspecified atom stereocenters. The molecule has 0 bridgehead atoms. The summed E-state index contributed by atoms with van der Waals surface area (Å²) in [6.45, 7) is 1.93. The van der Waals surface area contributed by atoms with Crippen LogP contribution < -0.4 is 15.0 Å². The number of aromatic amines is 1. The summed E-state index contributed by atoms with van der Waals surface area (Å²) < 4.78 is 11.9. The normalized spacial score (nSPS) is 11.5. The summed E-state index contributed by atoms with van der Waals surface area (Å²) in [6.07, 6.45) is 0. The van der Waals surface area contributed by atoms with Crippen LogP contribution in [0.15, 0.2) is 58.3 Å². The lowest BCUT2D eigenvalue weighted by Gasteiger charge is -2.05. The highest BCUT2D eigenvalue weighted by molar-refractivity contribution is 6.03. The highest BCUT2D eigenvalue weighted by Crippen LogP contribution is 2.24. The first-order chi connectivity index (χ1) is 13.6. The minimum Gasteiger partial charge on any atom is -0.497 e. The van der Waals surface area contributed by atoms with Gasteiger partial charge >= 0.3 is 0 Å². The summed E-state index contributed by atoms with van der Waals surface area (Å²) in [5, 5.41) is 12.3. The third-order valence-corrected chi connectivity index (χ3v) is 4.41. The Morgan fingerprint density at radius 1 is 1.04 bits per heavy atom. The molecule has 0 atom stereocenters. The number of nitrogens with zero attached hydrogens (tertiary/aromatic N) is 2. The molecule has 0 amide bonds. The van der Waals surface area contributed by atoms with Gasteiger partial charge in [-0.3, -0.25) is 14.9 Å². The SMILES string of the molecule is COc1ccc(-c2[nH]n(-c3ccc(OC)cc3)c(=O)c2C(C)=NCCO)cc1. The molecular formula is C21H23N3O4. The van der Waals surface area contributed by atoms with Gasteiger partial charge in [-0.1, -0.05) is 0 Å². The number of nitrogens with one attached hydrogen (secondary N) is 1. The molecule has 7 nitrogen and oxygen atoms in total. The lowest BCUT2D eigenvalue weighted by molar-refractivity contribution is 0.307. The minimum atomic E-state index is -0.213. The first kappa shape index (κ1) is 19.4. The Balaban J connectivity index is 2.16. The lowest BCUT2D eigenvalue weighted by Crippen LogP contribution is -2.20. The number of rotatable bonds is 7. The highest BCUT2D eigenvalue weighted by Gasteiger charge is 2.19. The van der Waals surface area contributed by atoms with E-state index in [0.717, 1.165) is 11.3 Å². The van der Waals surface area contributed by atoms with E-state index in [1.54, 1.807) is 45.4 Å². The van der Waals surface area contributed by atoms with Crippen molar-refractivity contribution in [3.8, 4) is 28.4 Å². The molecule has 0 aliphatic heterocycles. The van der Waals surface area contributed by atoms with Crippen LogP contribution in [0.2, 0.25) is 0 Å². The number of methoxy groups -OCH3 is 2. The second-order valence-corrected chi connectivity index (χ2v) is 6.12. The summed E-state index contributed by atoms with van der Waals surface area (Å²) in [7, 11) is 3.20. The van der Waals surface area contributed by atoms with E-state index in [2.05, 4.69) is 10.1 Å². The van der Waals surface area contributed by atoms with Crippen LogP contribution in [0.5, 0.6) is 11.5 Å². The first-order valence-corrected chi connectivity index (χ1v) is 8.85. The predicted molar refractivity (Wildman–Crippen MR) is 109 cm³/mol. The maximum absolute atomic E-state index is 13.2. The number of aliphatic imine (C=N–C) groups is 1. The Hall–Kier alpha value is -3.32. The van der Waals surface area contributed by atoms with Gasteiger partial charge in [0.2, 0.25) is 0 Å². The molecule has 7 heteroatoms. The maximum atomic E-state index is 13.2. The van der Waals surface area contributed by atoms with Crippen molar-refractivity contribution in [3.63, 3.8) is 0 Å². The Labute approximate surface area is 162 Å². The zero-order valence-electron chi connectivity index (χ0n) is 16.1. The quantitative estimate of drug-likeness (QED) is 0.616. The monoisotopic (exact) mass is 381 g/mol. The molecule has 0 saturated heterocycles. The number of hydrogen-bond acceptors (Lipinski definition) is 5. The average Bonchev–Trinajstić information content (AvgIpc) is 3.09. The summed E-state index contributed by atoms with van der Waals surface area (Å²) >= 11 is 0. The van der Waals surface area contributed by atoms with Gasteiger partial charge in [0, 0.05) is 11.3 Å². The first-order valence-electron chi connectivity index (χ1n) is 8.85. The molecule has 0 aliphatic rings. The van der Waals surface area contributed by atoms with E-state index in [9.17, 15) is 4.79 Å². The smallest absolute Gasteiger partial charge is 0.280 e. The Kier molecular flexibility index (Phi) is 5.96. The standard InChI is InChI=1S/C21H23N3O4/c1-14(22-12-13-25)19-20(15-4-8-17(27-2)9-5-15)23-24(21(19)26)16-6-10-18(28-3)11-7-16/h4-11,23,25H,12-13H2,1-3H3. The van der Waals surface area contributed by atoms with E-state index >= 15 is 0 Å². The molecular weight excluding hydrogens is 358 g/mol. The molecule has 28 heavy (non-hydrogen) atoms. The number of aromatic nitrogens is 2. The van der Waals surface area contributed by atoms with Crippen LogP contribution in [0.4, 0.5) is 0 Å². The molecule has 3 rings (SSSR count). The Morgan fingerprint density at radius 3 is 2.14 bits per heavy atom. The van der Waals surface area contributed by atoms with Crippen molar-refractivity contribution in [1.29, 1.82) is 0 Å². The molecule has 0 saturated carbocycles. The Bertz CT molecular complexity index is 1020. The van der Waals surface area contributed by atoms with Gasteiger partial charge in [-0.15, -0.1) is 0 Å². The lowest BCUT2D eigenvalue weighted by atomic mass is 10.1. The molecule has 2 aromatic carbocycles. The van der Waals surface area contributed by atoms with Crippen LogP contribution in [0.1, 0.15) is 12.5 Å². The van der Waals surface area contributed by atoms with Crippen LogP contribution in [-0.4, -0.2) is 48.0 Å². The minimum absolute atomic E-state index is 0.0771. The maximum Gasteiger partial charge on any atom is 0.280 e. The van der Waals surface area contributed by atoms with Gasteiger partial charge in [0.25, 0.3) is 5.56 Å². The van der Waals surface area contributed by atoms with Gasteiger partial charge in [-0.2, -0.15) is 0 Å². The third-order valence-electron chi connectivity index (χ3n) is 4.41. The molecule has 146 valence electrons. The van der Waals surface area contributed by atoms with E-state index in [4.69, 9.17) is 14.6 Å². The van der Waals surface area contributed by atoms with Crippen LogP contribution >= 0.6 is 0 Å². The van der Waals surface area contributed by atoms with Crippen molar-refractivity contribution >= 4 is 5.71 Å². The van der Waals surface area contributed by atoms with Gasteiger partial charge in [-0.05, 0) is 55.5 Å². The number of aliphatic hydroxyl groups excluding tert-OH is 1. The fraction of sp³-hybridized carbons (Fsp3) is 0.238. The van der Waals surface area contributed by atoms with Gasteiger partial charge < -0.3 is 14.6 Å². The molecule has 0 fully saturated rings. The van der Waals surface area contributed by atoms with E-state index in [1.165, 1.54) is 4.68 Å². The topological polar surface area (TPSA) is 88.8 Å². The summed E-state index contributed by atoms with van der Waals surface area (Å²) in [5.41, 5.74) is 2.99. The second kappa shape index (κ2) is 8.58. The van der Waals surface area contributed by atoms with Crippen LogP contribution in [-0.2, 0) is 0 Å². The van der Waals surface area contributed by atoms with Crippen molar-refractivity contribution in [2.75, 3.05) is 27.4 Å². The number of hydrogen-bond donors (Lipinski definition) is 2. The van der Waals surface area contributed by atoms with Gasteiger partial charge in [0.15, 0.2) is 0 Å². The molecule has 0 radical (unpaired) electrons. The average molecular weight is 381 g/mol. The van der Waals surface area contributed by atoms with Crippen LogP contribution in [0.3, 0.4) is 0 Å². The van der Waals surface area contributed by atoms with Crippen molar-refractivity contribution in [1.82, 2.24) is 9.78 Å². The van der Waals surface area contributed by atoms with Crippen molar-refractivity contribution < 1.29 is 14.6 Å². The largest absolute Gasteiger partial charge is 0.497 e. The predicted octanol–water partition coefficient (Wildman–Crippen LogP) is 2.65. The van der Waals surface area contributed by atoms with E-state index < -0.39 is 0 Å². The highest BCUT2D eigenvalue weighted by atomic mass is 16.5. The number of H-pyrrole nitrogens is 1. The molecule has 0 aliphatic carbocycles. The van der Waals surface area contributed by atoms with Crippen molar-refractivity contribution in [3.05, 3.63) is 64.4 Å². The summed E-state index contributed by atoms with van der Waals surface area (Å²) in [6, 6.07) is 14.6. The zero-order valence-corrected chi connectivity index (χ0v) is 16.1. The molecule has 2 N–H and O–H groups in total. The number of benzene rings is 2. The van der Waals surface area contributed by atoms with Crippen molar-refractivity contribution in [2.45, 2.75) is 6.92 Å². The Morgan fingerprint density at radius 2 is 1.61 bits per heavy atom. The third kappa shape index (κ3) is 3.84. The van der Waals surface area contributed by atoms with Crippen molar-refractivity contribution in [2.24, 2.45) is 4.99 Å². The molecule has 3 aromatic rings. The summed E-state index contributed by atoms with van der Waals surface area (Å²) in [4.78, 5) is 17.5. The van der Waals surface area contributed by atoms with Gasteiger partial charge in [0.1, 0.15) is 11.5 Å². The van der Waals surface area contributed by atoms with Gasteiger partial charge in [-0.25, -0.2) is 4.68 Å². The van der Waals surface area contributed by atoms with E-state index in [0.29, 0.717) is 28.4 Å². The van der Waals surface area contributed by atoms with Gasteiger partial charge in [0.05, 0.1) is 44.3 Å². The molecule has 1 aromatic heterocycles. The van der Waals surface area contributed by atoms with E-state index in [-0.39, 0.29) is 18.7 Å². The number of ether oxygens (including phenoxy) is 2. The van der Waals surface area contributed by atoms with Crippen LogP contribution in [0.25, 0.3) is 16.9 Å². The zero-order chi connectivity index (χ0) is 20.1. The second-order valence-electron chi connectivity index (χ2n) is 6.12. The summed E-state index contributed by atoms with van der Waals surface area (Å²) in [5.74, 6) is 1.44. The number of aliphatic hydroxyl groups is 1.